The van der Waals surface area contributed by atoms with Crippen molar-refractivity contribution in [2.24, 2.45) is 0 Å². The Morgan fingerprint density at radius 2 is 1.94 bits per heavy atom. The lowest BCUT2D eigenvalue weighted by Gasteiger charge is -2.09. The molecular weight excluding hydrogens is 450 g/mol. The van der Waals surface area contributed by atoms with Crippen LogP contribution in [-0.2, 0) is 4.79 Å². The highest BCUT2D eigenvalue weighted by Crippen LogP contribution is 2.39. The molecule has 0 unspecified atom stereocenters. The molecular formula is C24H21N7O2S. The van der Waals surface area contributed by atoms with E-state index in [9.17, 15) is 9.59 Å². The topological polar surface area (TPSA) is 125 Å². The molecule has 0 saturated carbocycles. The van der Waals surface area contributed by atoms with Gasteiger partial charge in [0.25, 0.3) is 0 Å². The minimum Gasteiger partial charge on any atom is -0.359 e. The second-order valence-corrected chi connectivity index (χ2v) is 8.59. The van der Waals surface area contributed by atoms with Gasteiger partial charge in [0, 0.05) is 48.6 Å². The third-order valence-corrected chi connectivity index (χ3v) is 6.20. The minimum absolute atomic E-state index is 0.177. The minimum atomic E-state index is -0.300. The zero-order chi connectivity index (χ0) is 23.7. The summed E-state index contributed by atoms with van der Waals surface area (Å²) in [5.41, 5.74) is 5.11. The van der Waals surface area contributed by atoms with Crippen molar-refractivity contribution in [2.45, 2.75) is 13.8 Å². The number of aromatic nitrogens is 4. The van der Waals surface area contributed by atoms with E-state index in [0.717, 1.165) is 43.5 Å². The summed E-state index contributed by atoms with van der Waals surface area (Å²) < 4.78 is 0.910. The van der Waals surface area contributed by atoms with Crippen LogP contribution >= 0.6 is 11.3 Å². The van der Waals surface area contributed by atoms with E-state index < -0.39 is 0 Å². The predicted octanol–water partition coefficient (Wildman–Crippen LogP) is 5.00. The van der Waals surface area contributed by atoms with Crippen LogP contribution in [0, 0.1) is 0 Å². The zero-order valence-electron chi connectivity index (χ0n) is 18.5. The van der Waals surface area contributed by atoms with Crippen LogP contribution in [0.15, 0.2) is 55.0 Å². The van der Waals surface area contributed by atoms with Crippen LogP contribution in [0.1, 0.15) is 13.8 Å². The van der Waals surface area contributed by atoms with Crippen molar-refractivity contribution in [3.63, 3.8) is 0 Å². The summed E-state index contributed by atoms with van der Waals surface area (Å²) in [6, 6.07) is 11.3. The van der Waals surface area contributed by atoms with Crippen molar-refractivity contribution in [1.82, 2.24) is 25.3 Å². The van der Waals surface area contributed by atoms with Gasteiger partial charge in [-0.05, 0) is 48.9 Å². The smallest absolute Gasteiger partial charge is 0.321 e. The maximum Gasteiger partial charge on any atom is 0.321 e. The summed E-state index contributed by atoms with van der Waals surface area (Å²) >= 11 is 1.40. The van der Waals surface area contributed by atoms with Crippen molar-refractivity contribution in [3.05, 3.63) is 55.0 Å². The van der Waals surface area contributed by atoms with E-state index in [4.69, 9.17) is 0 Å². The molecule has 9 nitrogen and oxygen atoms in total. The van der Waals surface area contributed by atoms with Gasteiger partial charge in [0.1, 0.15) is 5.82 Å². The molecule has 4 heterocycles. The molecule has 5 rings (SSSR count). The molecule has 0 aliphatic heterocycles. The van der Waals surface area contributed by atoms with Gasteiger partial charge in [0.05, 0.1) is 21.4 Å². The molecule has 0 fully saturated rings. The number of carbonyl (C=O) groups excluding carboxylic acids is 2. The van der Waals surface area contributed by atoms with Gasteiger partial charge < -0.3 is 15.6 Å². The number of H-pyrrole nitrogens is 1. The monoisotopic (exact) mass is 471 g/mol. The van der Waals surface area contributed by atoms with Crippen LogP contribution in [0.2, 0.25) is 0 Å². The number of carbonyl (C=O) groups is 2. The second kappa shape index (κ2) is 8.91. The molecule has 1 aromatic carbocycles. The van der Waals surface area contributed by atoms with Gasteiger partial charge >= 0.3 is 6.03 Å². The Kier molecular flexibility index (Phi) is 5.64. The number of anilines is 2. The number of hydrogen-bond acceptors (Lipinski definition) is 6. The highest BCUT2D eigenvalue weighted by atomic mass is 32.1. The number of rotatable bonds is 5. The van der Waals surface area contributed by atoms with E-state index in [1.54, 1.807) is 18.5 Å². The van der Waals surface area contributed by atoms with E-state index in [1.807, 2.05) is 43.5 Å². The number of thiazole rings is 1. The quantitative estimate of drug-likeness (QED) is 0.287. The molecule has 0 radical (unpaired) electrons. The molecule has 5 aromatic rings. The van der Waals surface area contributed by atoms with Gasteiger partial charge in [0.2, 0.25) is 5.91 Å². The van der Waals surface area contributed by atoms with Crippen molar-refractivity contribution >= 4 is 55.3 Å². The van der Waals surface area contributed by atoms with Crippen LogP contribution in [-0.4, -0.2) is 38.4 Å². The standard InChI is InChI=1S/C24H21N7O2S/c1-3-25-23(33)31-24-30-18-11-16(15-4-5-19(28-12-15)29-13(2)32)10-17(22(18)34-24)21-20-14(6-8-26-20)7-9-27-21/h4-12,26H,3H2,1-2H3,(H,28,29,32)(H2,25,30,31,33). The van der Waals surface area contributed by atoms with Crippen LogP contribution < -0.4 is 16.0 Å². The van der Waals surface area contributed by atoms with Crippen molar-refractivity contribution in [2.75, 3.05) is 17.2 Å². The molecule has 4 aromatic heterocycles. The molecule has 0 aliphatic carbocycles. The van der Waals surface area contributed by atoms with Gasteiger partial charge in [-0.3, -0.25) is 15.1 Å². The molecule has 0 saturated heterocycles. The summed E-state index contributed by atoms with van der Waals surface area (Å²) in [5.74, 6) is 0.307. The van der Waals surface area contributed by atoms with E-state index >= 15 is 0 Å². The van der Waals surface area contributed by atoms with E-state index in [1.165, 1.54) is 18.3 Å². The SMILES string of the molecule is CCNC(=O)Nc1nc2cc(-c3ccc(NC(C)=O)nc3)cc(-c3nccc4cc[nH]c34)c2s1. The van der Waals surface area contributed by atoms with Crippen molar-refractivity contribution < 1.29 is 9.59 Å². The zero-order valence-corrected chi connectivity index (χ0v) is 19.3. The van der Waals surface area contributed by atoms with Gasteiger partial charge in [-0.15, -0.1) is 0 Å². The number of hydrogen-bond donors (Lipinski definition) is 4. The molecule has 170 valence electrons. The fourth-order valence-electron chi connectivity index (χ4n) is 3.74. The van der Waals surface area contributed by atoms with Gasteiger partial charge in [-0.1, -0.05) is 11.3 Å². The Bertz CT molecular complexity index is 1520. The predicted molar refractivity (Wildman–Crippen MR) is 135 cm³/mol. The molecule has 10 heteroatoms. The lowest BCUT2D eigenvalue weighted by molar-refractivity contribution is -0.114. The van der Waals surface area contributed by atoms with Crippen LogP contribution in [0.3, 0.4) is 0 Å². The maximum atomic E-state index is 12.1. The fourth-order valence-corrected chi connectivity index (χ4v) is 4.69. The van der Waals surface area contributed by atoms with Crippen LogP contribution in [0.5, 0.6) is 0 Å². The number of amides is 3. The number of benzene rings is 1. The van der Waals surface area contributed by atoms with E-state index in [-0.39, 0.29) is 11.9 Å². The van der Waals surface area contributed by atoms with Crippen molar-refractivity contribution in [1.29, 1.82) is 0 Å². The summed E-state index contributed by atoms with van der Waals surface area (Å²) in [6.45, 7) is 3.82. The molecule has 4 N–H and O–H groups in total. The highest BCUT2D eigenvalue weighted by molar-refractivity contribution is 7.22. The first-order valence-electron chi connectivity index (χ1n) is 10.7. The Morgan fingerprint density at radius 3 is 2.71 bits per heavy atom. The number of urea groups is 1. The van der Waals surface area contributed by atoms with E-state index in [2.05, 4.69) is 35.9 Å². The van der Waals surface area contributed by atoms with Crippen LogP contribution in [0.25, 0.3) is 43.5 Å². The third kappa shape index (κ3) is 4.18. The highest BCUT2D eigenvalue weighted by Gasteiger charge is 2.17. The molecule has 0 atom stereocenters. The first kappa shape index (κ1) is 21.5. The summed E-state index contributed by atoms with van der Waals surface area (Å²) in [5, 5.41) is 9.75. The summed E-state index contributed by atoms with van der Waals surface area (Å²) in [7, 11) is 0. The Hall–Kier alpha value is -4.31. The lowest BCUT2D eigenvalue weighted by Crippen LogP contribution is -2.28. The number of pyridine rings is 2. The second-order valence-electron chi connectivity index (χ2n) is 7.59. The normalized spacial score (nSPS) is 11.0. The molecule has 3 amide bonds. The fraction of sp³-hybridized carbons (Fsp3) is 0.125. The largest absolute Gasteiger partial charge is 0.359 e. The molecule has 0 spiro atoms. The summed E-state index contributed by atoms with van der Waals surface area (Å²) in [6.07, 6.45) is 5.37. The van der Waals surface area contributed by atoms with E-state index in [0.29, 0.717) is 17.5 Å². The van der Waals surface area contributed by atoms with Gasteiger partial charge in [-0.2, -0.15) is 0 Å². The molecule has 0 bridgehead atoms. The molecule has 34 heavy (non-hydrogen) atoms. The average molecular weight is 472 g/mol. The number of nitrogens with zero attached hydrogens (tertiary/aromatic N) is 3. The first-order chi connectivity index (χ1) is 16.5. The van der Waals surface area contributed by atoms with Crippen LogP contribution in [0.4, 0.5) is 15.7 Å². The average Bonchev–Trinajstić information content (AvgIpc) is 3.45. The third-order valence-electron chi connectivity index (χ3n) is 5.18. The Morgan fingerprint density at radius 1 is 1.06 bits per heavy atom. The van der Waals surface area contributed by atoms with Gasteiger partial charge in [0.15, 0.2) is 5.13 Å². The molecule has 0 aliphatic rings. The maximum absolute atomic E-state index is 12.1. The Balaban J connectivity index is 1.66. The summed E-state index contributed by atoms with van der Waals surface area (Å²) in [4.78, 5) is 40.3. The lowest BCUT2D eigenvalue weighted by atomic mass is 10.0. The number of fused-ring (bicyclic) bond motifs is 2. The Labute approximate surface area is 198 Å². The van der Waals surface area contributed by atoms with Gasteiger partial charge in [-0.25, -0.2) is 14.8 Å². The number of aromatic amines is 1. The number of nitrogens with one attached hydrogen (secondary N) is 4. The van der Waals surface area contributed by atoms with Crippen molar-refractivity contribution in [3.8, 4) is 22.4 Å². The first-order valence-corrected chi connectivity index (χ1v) is 11.5.